The lowest BCUT2D eigenvalue weighted by atomic mass is 10.4. The molecule has 0 spiro atoms. The summed E-state index contributed by atoms with van der Waals surface area (Å²) in [7, 11) is 2.20. The van der Waals surface area contributed by atoms with Gasteiger partial charge in [-0.15, -0.1) is 0 Å². The van der Waals surface area contributed by atoms with Crippen LogP contribution in [-0.2, 0) is 0 Å². The second-order valence-corrected chi connectivity index (χ2v) is 4.07. The van der Waals surface area contributed by atoms with Crippen molar-refractivity contribution in [1.82, 2.24) is 9.80 Å². The van der Waals surface area contributed by atoms with E-state index in [1.807, 2.05) is 0 Å². The van der Waals surface area contributed by atoms with E-state index < -0.39 is 0 Å². The highest BCUT2D eigenvalue weighted by molar-refractivity contribution is 5.79. The molecule has 0 aliphatic carbocycles. The van der Waals surface area contributed by atoms with Crippen molar-refractivity contribution >= 4 is 5.84 Å². The molecule has 14 heavy (non-hydrogen) atoms. The smallest absolute Gasteiger partial charge is 0.0957 e. The van der Waals surface area contributed by atoms with Crippen molar-refractivity contribution in [1.29, 1.82) is 0 Å². The molecular weight excluding hydrogens is 174 g/mol. The van der Waals surface area contributed by atoms with Crippen LogP contribution in [0.5, 0.6) is 0 Å². The largest absolute Gasteiger partial charge is 0.359 e. The fourth-order valence-electron chi connectivity index (χ4n) is 1.74. The van der Waals surface area contributed by atoms with Gasteiger partial charge in [0.1, 0.15) is 0 Å². The third kappa shape index (κ3) is 3.66. The third-order valence-electron chi connectivity index (χ3n) is 2.74. The van der Waals surface area contributed by atoms with Crippen LogP contribution in [-0.4, -0.2) is 55.4 Å². The van der Waals surface area contributed by atoms with Crippen molar-refractivity contribution in [3.8, 4) is 0 Å². The van der Waals surface area contributed by atoms with E-state index in [0.29, 0.717) is 0 Å². The van der Waals surface area contributed by atoms with Gasteiger partial charge in [0.25, 0.3) is 0 Å². The van der Waals surface area contributed by atoms with Crippen LogP contribution in [0.25, 0.3) is 0 Å². The zero-order valence-electron chi connectivity index (χ0n) is 9.79. The fourth-order valence-corrected chi connectivity index (χ4v) is 1.74. The summed E-state index contributed by atoms with van der Waals surface area (Å²) in [4.78, 5) is 9.37. The minimum Gasteiger partial charge on any atom is -0.359 e. The molecule has 1 saturated heterocycles. The molecule has 1 fully saturated rings. The molecular formula is C11H23N3. The summed E-state index contributed by atoms with van der Waals surface area (Å²) in [6.07, 6.45) is 2.40. The molecule has 1 heterocycles. The van der Waals surface area contributed by atoms with Gasteiger partial charge in [-0.25, -0.2) is 0 Å². The molecule has 1 aliphatic rings. The Morgan fingerprint density at radius 2 is 2.00 bits per heavy atom. The standard InChI is InChI=1S/C11H23N3/c1-4-6-12-11(2)14-8-5-7-13(3)9-10-14/h4-10H2,1-3H3. The Morgan fingerprint density at radius 3 is 2.71 bits per heavy atom. The minimum atomic E-state index is 0.970. The van der Waals surface area contributed by atoms with Gasteiger partial charge < -0.3 is 9.80 Å². The summed E-state index contributed by atoms with van der Waals surface area (Å²) in [5.41, 5.74) is 0. The van der Waals surface area contributed by atoms with Crippen molar-refractivity contribution < 1.29 is 0 Å². The van der Waals surface area contributed by atoms with Crippen molar-refractivity contribution in [3.63, 3.8) is 0 Å². The Morgan fingerprint density at radius 1 is 1.21 bits per heavy atom. The highest BCUT2D eigenvalue weighted by Gasteiger charge is 2.12. The van der Waals surface area contributed by atoms with Gasteiger partial charge in [0.05, 0.1) is 5.84 Å². The van der Waals surface area contributed by atoms with E-state index in [2.05, 4.69) is 35.7 Å². The maximum absolute atomic E-state index is 4.56. The summed E-state index contributed by atoms with van der Waals surface area (Å²) < 4.78 is 0. The molecule has 82 valence electrons. The minimum absolute atomic E-state index is 0.970. The van der Waals surface area contributed by atoms with Crippen molar-refractivity contribution in [3.05, 3.63) is 0 Å². The first-order valence-corrected chi connectivity index (χ1v) is 5.68. The normalized spacial score (nSPS) is 21.1. The number of rotatable bonds is 2. The summed E-state index contributed by atoms with van der Waals surface area (Å²) in [6.45, 7) is 9.97. The van der Waals surface area contributed by atoms with E-state index in [1.165, 1.54) is 31.9 Å². The highest BCUT2D eigenvalue weighted by atomic mass is 15.2. The van der Waals surface area contributed by atoms with Crippen LogP contribution < -0.4 is 0 Å². The van der Waals surface area contributed by atoms with Crippen molar-refractivity contribution in [2.45, 2.75) is 26.7 Å². The molecule has 0 amide bonds. The van der Waals surface area contributed by atoms with E-state index >= 15 is 0 Å². The molecule has 1 aliphatic heterocycles. The topological polar surface area (TPSA) is 18.8 Å². The average Bonchev–Trinajstić information content (AvgIpc) is 2.39. The molecule has 0 aromatic rings. The van der Waals surface area contributed by atoms with Crippen molar-refractivity contribution in [2.24, 2.45) is 4.99 Å². The average molecular weight is 197 g/mol. The van der Waals surface area contributed by atoms with E-state index in [0.717, 1.165) is 19.5 Å². The van der Waals surface area contributed by atoms with Crippen LogP contribution >= 0.6 is 0 Å². The second-order valence-electron chi connectivity index (χ2n) is 4.07. The van der Waals surface area contributed by atoms with E-state index in [9.17, 15) is 0 Å². The Bertz CT molecular complexity index is 189. The zero-order chi connectivity index (χ0) is 10.4. The lowest BCUT2D eigenvalue weighted by molar-refractivity contribution is 0.346. The summed E-state index contributed by atoms with van der Waals surface area (Å²) in [5.74, 6) is 1.22. The molecule has 0 unspecified atom stereocenters. The van der Waals surface area contributed by atoms with Gasteiger partial charge in [-0.3, -0.25) is 4.99 Å². The highest BCUT2D eigenvalue weighted by Crippen LogP contribution is 2.02. The fraction of sp³-hybridized carbons (Fsp3) is 0.909. The lowest BCUT2D eigenvalue weighted by Gasteiger charge is -2.22. The maximum atomic E-state index is 4.56. The molecule has 0 bridgehead atoms. The van der Waals surface area contributed by atoms with E-state index in [-0.39, 0.29) is 0 Å². The Kier molecular flexibility index (Phi) is 4.94. The SMILES string of the molecule is CCCN=C(C)N1CCCN(C)CC1. The lowest BCUT2D eigenvalue weighted by Crippen LogP contribution is -2.33. The van der Waals surface area contributed by atoms with Crippen LogP contribution in [0.15, 0.2) is 4.99 Å². The summed E-state index contributed by atoms with van der Waals surface area (Å²) in [6, 6.07) is 0. The molecule has 0 saturated carbocycles. The van der Waals surface area contributed by atoms with Gasteiger partial charge in [0.15, 0.2) is 0 Å². The van der Waals surface area contributed by atoms with Gasteiger partial charge in [-0.2, -0.15) is 0 Å². The predicted octanol–water partition coefficient (Wildman–Crippen LogP) is 1.45. The number of hydrogen-bond acceptors (Lipinski definition) is 2. The first kappa shape index (κ1) is 11.5. The van der Waals surface area contributed by atoms with Crippen LogP contribution in [0.1, 0.15) is 26.7 Å². The molecule has 0 atom stereocenters. The Labute approximate surface area is 87.8 Å². The third-order valence-corrected chi connectivity index (χ3v) is 2.74. The summed E-state index contributed by atoms with van der Waals surface area (Å²) >= 11 is 0. The molecule has 3 nitrogen and oxygen atoms in total. The molecule has 3 heteroatoms. The number of nitrogens with zero attached hydrogens (tertiary/aromatic N) is 3. The number of amidine groups is 1. The first-order valence-electron chi connectivity index (χ1n) is 5.68. The molecule has 0 radical (unpaired) electrons. The zero-order valence-corrected chi connectivity index (χ0v) is 9.79. The van der Waals surface area contributed by atoms with E-state index in [1.54, 1.807) is 0 Å². The van der Waals surface area contributed by atoms with Crippen molar-refractivity contribution in [2.75, 3.05) is 39.8 Å². The molecule has 0 N–H and O–H groups in total. The molecule has 1 rings (SSSR count). The molecule has 0 aromatic heterocycles. The van der Waals surface area contributed by atoms with Crippen LogP contribution in [0, 0.1) is 0 Å². The monoisotopic (exact) mass is 197 g/mol. The van der Waals surface area contributed by atoms with Gasteiger partial charge in [0.2, 0.25) is 0 Å². The van der Waals surface area contributed by atoms with Gasteiger partial charge in [-0.1, -0.05) is 6.92 Å². The Hall–Kier alpha value is -0.570. The maximum Gasteiger partial charge on any atom is 0.0957 e. The van der Waals surface area contributed by atoms with Gasteiger partial charge in [0, 0.05) is 26.2 Å². The van der Waals surface area contributed by atoms with Crippen LogP contribution in [0.3, 0.4) is 0 Å². The number of likely N-dealkylation sites (N-methyl/N-ethyl adjacent to an activating group) is 1. The van der Waals surface area contributed by atoms with Gasteiger partial charge >= 0.3 is 0 Å². The second kappa shape index (κ2) is 6.02. The Balaban J connectivity index is 2.42. The first-order chi connectivity index (χ1) is 6.74. The van der Waals surface area contributed by atoms with Crippen LogP contribution in [0.2, 0.25) is 0 Å². The van der Waals surface area contributed by atoms with Crippen LogP contribution in [0.4, 0.5) is 0 Å². The number of aliphatic imine (C=N–C) groups is 1. The quantitative estimate of drug-likeness (QED) is 0.493. The number of hydrogen-bond donors (Lipinski definition) is 0. The summed E-state index contributed by atoms with van der Waals surface area (Å²) in [5, 5.41) is 0. The predicted molar refractivity (Wildman–Crippen MR) is 62.0 cm³/mol. The van der Waals surface area contributed by atoms with E-state index in [4.69, 9.17) is 0 Å². The van der Waals surface area contributed by atoms with Gasteiger partial charge in [-0.05, 0) is 33.4 Å². The molecule has 0 aromatic carbocycles.